The summed E-state index contributed by atoms with van der Waals surface area (Å²) >= 11 is 0. The molecule has 0 bridgehead atoms. The molecule has 3 unspecified atom stereocenters. The molecule has 108 valence electrons. The van der Waals surface area contributed by atoms with E-state index in [1.54, 1.807) is 7.05 Å². The fourth-order valence-corrected chi connectivity index (χ4v) is 2.94. The van der Waals surface area contributed by atoms with Crippen LogP contribution in [0.2, 0.25) is 0 Å². The van der Waals surface area contributed by atoms with E-state index in [1.165, 1.54) is 4.90 Å². The molecule has 0 aromatic heterocycles. The Morgan fingerprint density at radius 2 is 2.15 bits per heavy atom. The number of allylic oxidation sites excluding steroid dienone is 1. The van der Waals surface area contributed by atoms with Gasteiger partial charge < -0.3 is 14.7 Å². The first-order valence-corrected chi connectivity index (χ1v) is 6.87. The minimum atomic E-state index is -0.461. The Hall–Kier alpha value is -2.05. The topological polar surface area (TPSA) is 68.2 Å². The number of carbonyl (C=O) groups excluding carboxylic acids is 2. The summed E-state index contributed by atoms with van der Waals surface area (Å²) in [5.41, 5.74) is 1.07. The van der Waals surface area contributed by atoms with E-state index in [2.05, 4.69) is 29.1 Å². The number of nitrogens with zero attached hydrogens (tertiary/aromatic N) is 4. The lowest BCUT2D eigenvalue weighted by molar-refractivity contribution is -0.126. The SMILES string of the molecule is CCC(C)N1C(C)=CN2C1=NC1C2C(=O)NC(=O)N1C. The van der Waals surface area contributed by atoms with Crippen molar-refractivity contribution in [2.24, 2.45) is 4.99 Å². The third-order valence-electron chi connectivity index (χ3n) is 4.23. The molecule has 3 atom stereocenters. The number of nitrogens with one attached hydrogen (secondary N) is 1. The third-order valence-corrected chi connectivity index (χ3v) is 4.23. The van der Waals surface area contributed by atoms with Gasteiger partial charge in [-0.3, -0.25) is 10.1 Å². The van der Waals surface area contributed by atoms with Crippen LogP contribution in [0.15, 0.2) is 16.9 Å². The smallest absolute Gasteiger partial charge is 0.312 e. The summed E-state index contributed by atoms with van der Waals surface area (Å²) in [6, 6.07) is -0.548. The maximum Gasteiger partial charge on any atom is 0.325 e. The lowest BCUT2D eigenvalue weighted by Gasteiger charge is -2.34. The largest absolute Gasteiger partial charge is 0.325 e. The molecule has 0 radical (unpaired) electrons. The molecule has 3 aliphatic heterocycles. The molecule has 1 N–H and O–H groups in total. The molecule has 3 heterocycles. The molecule has 1 fully saturated rings. The summed E-state index contributed by atoms with van der Waals surface area (Å²) in [5.74, 6) is 0.482. The van der Waals surface area contributed by atoms with Gasteiger partial charge in [0.25, 0.3) is 5.91 Å². The molecule has 20 heavy (non-hydrogen) atoms. The van der Waals surface area contributed by atoms with Crippen molar-refractivity contribution in [1.29, 1.82) is 0 Å². The second kappa shape index (κ2) is 4.22. The minimum absolute atomic E-state index is 0.285. The molecule has 1 saturated heterocycles. The normalized spacial score (nSPS) is 29.9. The molecule has 0 aromatic rings. The van der Waals surface area contributed by atoms with Gasteiger partial charge in [-0.25, -0.2) is 9.79 Å². The van der Waals surface area contributed by atoms with E-state index in [9.17, 15) is 9.59 Å². The van der Waals surface area contributed by atoms with E-state index in [0.717, 1.165) is 18.1 Å². The number of guanidine groups is 1. The first kappa shape index (κ1) is 13.0. The van der Waals surface area contributed by atoms with Crippen LogP contribution in [-0.2, 0) is 4.79 Å². The van der Waals surface area contributed by atoms with Gasteiger partial charge in [0.2, 0.25) is 5.96 Å². The van der Waals surface area contributed by atoms with Gasteiger partial charge in [-0.05, 0) is 20.3 Å². The number of imide groups is 1. The van der Waals surface area contributed by atoms with Crippen molar-refractivity contribution in [1.82, 2.24) is 20.0 Å². The molecule has 0 aliphatic carbocycles. The van der Waals surface area contributed by atoms with Crippen LogP contribution in [0.1, 0.15) is 27.2 Å². The van der Waals surface area contributed by atoms with Crippen LogP contribution in [-0.4, -0.2) is 57.9 Å². The van der Waals surface area contributed by atoms with Crippen LogP contribution in [0.5, 0.6) is 0 Å². The monoisotopic (exact) mass is 277 g/mol. The van der Waals surface area contributed by atoms with Crippen LogP contribution >= 0.6 is 0 Å². The number of likely N-dealkylation sites (N-methyl/N-ethyl adjacent to an activating group) is 1. The van der Waals surface area contributed by atoms with E-state index in [1.807, 2.05) is 18.0 Å². The number of carbonyl (C=O) groups is 2. The summed E-state index contributed by atoms with van der Waals surface area (Å²) in [4.78, 5) is 33.9. The van der Waals surface area contributed by atoms with Gasteiger partial charge in [0.15, 0.2) is 12.2 Å². The highest BCUT2D eigenvalue weighted by Crippen LogP contribution is 2.33. The maximum absolute atomic E-state index is 12.1. The summed E-state index contributed by atoms with van der Waals surface area (Å²) < 4.78 is 0. The minimum Gasteiger partial charge on any atom is -0.312 e. The predicted octanol–water partition coefficient (Wildman–Crippen LogP) is 0.510. The quantitative estimate of drug-likeness (QED) is 0.798. The third kappa shape index (κ3) is 1.55. The lowest BCUT2D eigenvalue weighted by atomic mass is 10.1. The summed E-state index contributed by atoms with van der Waals surface area (Å²) in [6.07, 6.45) is 2.48. The zero-order valence-electron chi connectivity index (χ0n) is 12.1. The number of hydrogen-bond acceptors (Lipinski definition) is 5. The molecule has 0 aromatic carbocycles. The average molecular weight is 277 g/mol. The molecule has 3 rings (SSSR count). The molecular formula is C13H19N5O2. The average Bonchev–Trinajstić information content (AvgIpc) is 2.90. The van der Waals surface area contributed by atoms with Gasteiger partial charge in [0.1, 0.15) is 0 Å². The summed E-state index contributed by atoms with van der Waals surface area (Å²) in [5, 5.41) is 2.37. The van der Waals surface area contributed by atoms with Crippen molar-refractivity contribution in [3.05, 3.63) is 11.9 Å². The number of rotatable bonds is 2. The van der Waals surface area contributed by atoms with Crippen molar-refractivity contribution in [2.45, 2.75) is 45.4 Å². The predicted molar refractivity (Wildman–Crippen MR) is 73.5 cm³/mol. The Morgan fingerprint density at radius 3 is 2.80 bits per heavy atom. The van der Waals surface area contributed by atoms with Gasteiger partial charge in [0, 0.05) is 25.0 Å². The van der Waals surface area contributed by atoms with Gasteiger partial charge in [-0.1, -0.05) is 6.92 Å². The number of urea groups is 1. The Balaban J connectivity index is 1.98. The molecule has 0 spiro atoms. The highest BCUT2D eigenvalue weighted by Gasteiger charge is 2.51. The van der Waals surface area contributed by atoms with Gasteiger partial charge in [-0.15, -0.1) is 0 Å². The molecule has 7 nitrogen and oxygen atoms in total. The van der Waals surface area contributed by atoms with Gasteiger partial charge >= 0.3 is 6.03 Å². The van der Waals surface area contributed by atoms with E-state index < -0.39 is 18.2 Å². The highest BCUT2D eigenvalue weighted by atomic mass is 16.2. The van der Waals surface area contributed by atoms with Crippen LogP contribution in [0, 0.1) is 0 Å². The van der Waals surface area contributed by atoms with E-state index >= 15 is 0 Å². The van der Waals surface area contributed by atoms with Gasteiger partial charge in [-0.2, -0.15) is 0 Å². The van der Waals surface area contributed by atoms with Crippen LogP contribution in [0.25, 0.3) is 0 Å². The van der Waals surface area contributed by atoms with E-state index in [0.29, 0.717) is 6.04 Å². The molecule has 7 heteroatoms. The zero-order valence-corrected chi connectivity index (χ0v) is 12.1. The lowest BCUT2D eigenvalue weighted by Crippen LogP contribution is -2.62. The van der Waals surface area contributed by atoms with Crippen LogP contribution < -0.4 is 5.32 Å². The zero-order chi connectivity index (χ0) is 14.6. The van der Waals surface area contributed by atoms with Crippen molar-refractivity contribution in [2.75, 3.05) is 7.05 Å². The Labute approximate surface area is 117 Å². The number of aliphatic imine (C=N–C) groups is 1. The van der Waals surface area contributed by atoms with Crippen molar-refractivity contribution in [3.8, 4) is 0 Å². The molecule has 0 saturated carbocycles. The number of fused-ring (bicyclic) bond motifs is 3. The molecule has 3 amide bonds. The Bertz CT molecular complexity index is 541. The van der Waals surface area contributed by atoms with Crippen LogP contribution in [0.3, 0.4) is 0 Å². The van der Waals surface area contributed by atoms with E-state index in [4.69, 9.17) is 0 Å². The van der Waals surface area contributed by atoms with Gasteiger partial charge in [0.05, 0.1) is 0 Å². The second-order valence-corrected chi connectivity index (χ2v) is 5.50. The summed E-state index contributed by atoms with van der Waals surface area (Å²) in [6.45, 7) is 6.25. The Kier molecular flexibility index (Phi) is 2.74. The second-order valence-electron chi connectivity index (χ2n) is 5.50. The van der Waals surface area contributed by atoms with Crippen LogP contribution in [0.4, 0.5) is 4.79 Å². The molecular weight excluding hydrogens is 258 g/mol. The Morgan fingerprint density at radius 1 is 1.45 bits per heavy atom. The van der Waals surface area contributed by atoms with Crippen molar-refractivity contribution in [3.63, 3.8) is 0 Å². The fraction of sp³-hybridized carbons (Fsp3) is 0.615. The highest BCUT2D eigenvalue weighted by molar-refractivity contribution is 6.04. The molecule has 3 aliphatic rings. The first-order chi connectivity index (χ1) is 9.45. The standard InChI is InChI=1S/C13H19N5O2/c1-5-7(2)18-8(3)6-17-9-10(14-12(17)18)16(4)13(20)15-11(9)19/h6-7,9-10H,5H2,1-4H3,(H,15,19,20). The number of hydrogen-bond donors (Lipinski definition) is 1. The fourth-order valence-electron chi connectivity index (χ4n) is 2.94. The van der Waals surface area contributed by atoms with Crippen molar-refractivity contribution < 1.29 is 9.59 Å². The summed E-state index contributed by atoms with van der Waals surface area (Å²) in [7, 11) is 1.66. The van der Waals surface area contributed by atoms with Crippen molar-refractivity contribution >= 4 is 17.9 Å². The number of amides is 3. The van der Waals surface area contributed by atoms with E-state index in [-0.39, 0.29) is 5.91 Å². The first-order valence-electron chi connectivity index (χ1n) is 6.87. The maximum atomic E-state index is 12.1.